The third-order valence-electron chi connectivity index (χ3n) is 4.52. The number of rotatable bonds is 8. The Morgan fingerprint density at radius 2 is 1.75 bits per heavy atom. The number of amides is 1. The third kappa shape index (κ3) is 4.70. The number of methoxy groups -OCH3 is 1. The molecule has 2 atom stereocenters. The summed E-state index contributed by atoms with van der Waals surface area (Å²) in [5.74, 6) is 0.292. The number of hydrogen-bond donors (Lipinski definition) is 1. The molecule has 7 nitrogen and oxygen atoms in total. The number of nitrogens with zero attached hydrogens (tertiary/aromatic N) is 1. The fraction of sp³-hybridized carbons (Fsp3) is 0.350. The van der Waals surface area contributed by atoms with Crippen LogP contribution < -0.4 is 10.1 Å². The molecule has 0 unspecified atom stereocenters. The first kappa shape index (κ1) is 20.3. The van der Waals surface area contributed by atoms with E-state index in [2.05, 4.69) is 5.32 Å². The first-order valence-electron chi connectivity index (χ1n) is 9.07. The van der Waals surface area contributed by atoms with Gasteiger partial charge in [-0.3, -0.25) is 4.79 Å². The van der Waals surface area contributed by atoms with E-state index in [9.17, 15) is 13.2 Å². The minimum absolute atomic E-state index is 0.106. The molecule has 8 heteroatoms. The summed E-state index contributed by atoms with van der Waals surface area (Å²) in [6, 6.07) is 16.5. The molecule has 1 N–H and O–H groups in total. The van der Waals surface area contributed by atoms with Gasteiger partial charge in [-0.1, -0.05) is 36.4 Å². The highest BCUT2D eigenvalue weighted by molar-refractivity contribution is 7.89. The molecule has 1 aliphatic rings. The van der Waals surface area contributed by atoms with Crippen LogP contribution in [0.1, 0.15) is 6.42 Å². The van der Waals surface area contributed by atoms with Gasteiger partial charge >= 0.3 is 0 Å². The summed E-state index contributed by atoms with van der Waals surface area (Å²) in [4.78, 5) is 12.8. The summed E-state index contributed by atoms with van der Waals surface area (Å²) < 4.78 is 38.4. The second kappa shape index (κ2) is 9.18. The van der Waals surface area contributed by atoms with Gasteiger partial charge in [0.2, 0.25) is 15.9 Å². The average Bonchev–Trinajstić information content (AvgIpc) is 3.14. The van der Waals surface area contributed by atoms with E-state index in [0.717, 1.165) is 0 Å². The van der Waals surface area contributed by atoms with Gasteiger partial charge in [0.05, 0.1) is 18.0 Å². The molecule has 0 aromatic heterocycles. The molecular weight excluding hydrogens is 380 g/mol. The lowest BCUT2D eigenvalue weighted by atomic mass is 10.2. The van der Waals surface area contributed by atoms with Gasteiger partial charge in [-0.2, -0.15) is 4.31 Å². The van der Waals surface area contributed by atoms with E-state index < -0.39 is 22.2 Å². The third-order valence-corrected chi connectivity index (χ3v) is 6.41. The zero-order chi connectivity index (χ0) is 20.0. The molecule has 1 amide bonds. The number of benzene rings is 2. The van der Waals surface area contributed by atoms with E-state index in [4.69, 9.17) is 9.47 Å². The fourth-order valence-electron chi connectivity index (χ4n) is 3.17. The van der Waals surface area contributed by atoms with Crippen LogP contribution in [-0.2, 0) is 19.6 Å². The lowest BCUT2D eigenvalue weighted by molar-refractivity contribution is -0.124. The van der Waals surface area contributed by atoms with Crippen molar-refractivity contribution in [2.24, 2.45) is 0 Å². The Bertz CT molecular complexity index is 874. The molecule has 1 aliphatic heterocycles. The van der Waals surface area contributed by atoms with Gasteiger partial charge in [0.25, 0.3) is 0 Å². The van der Waals surface area contributed by atoms with Crippen LogP contribution in [0.3, 0.4) is 0 Å². The van der Waals surface area contributed by atoms with E-state index in [1.54, 1.807) is 18.2 Å². The van der Waals surface area contributed by atoms with Gasteiger partial charge in [-0.05, 0) is 24.3 Å². The van der Waals surface area contributed by atoms with Crippen LogP contribution in [0.15, 0.2) is 65.6 Å². The Labute approximate surface area is 165 Å². The van der Waals surface area contributed by atoms with Gasteiger partial charge in [-0.25, -0.2) is 8.42 Å². The largest absolute Gasteiger partial charge is 0.489 e. The molecule has 1 heterocycles. The zero-order valence-electron chi connectivity index (χ0n) is 15.7. The predicted octanol–water partition coefficient (Wildman–Crippen LogP) is 1.66. The number of ether oxygens (including phenoxy) is 2. The second-order valence-electron chi connectivity index (χ2n) is 6.48. The van der Waals surface area contributed by atoms with Gasteiger partial charge in [0.15, 0.2) is 0 Å². The molecule has 28 heavy (non-hydrogen) atoms. The van der Waals surface area contributed by atoms with Crippen LogP contribution >= 0.6 is 0 Å². The highest BCUT2D eigenvalue weighted by Crippen LogP contribution is 2.29. The van der Waals surface area contributed by atoms with Crippen molar-refractivity contribution in [3.8, 4) is 5.75 Å². The Morgan fingerprint density at radius 1 is 1.11 bits per heavy atom. The standard InChI is InChI=1S/C20H24N2O5S/c1-26-13-12-21-20(23)19-14-17(27-16-8-4-2-5-9-16)15-22(19)28(24,25)18-10-6-3-7-11-18/h2-11,17,19H,12-15H2,1H3,(H,21,23)/t17-,19-/m0/s1. The molecule has 2 aromatic rings. The summed E-state index contributed by atoms with van der Waals surface area (Å²) in [6.45, 7) is 0.775. The van der Waals surface area contributed by atoms with Crippen LogP contribution in [-0.4, -0.2) is 57.6 Å². The Kier molecular flexibility index (Phi) is 6.66. The highest BCUT2D eigenvalue weighted by atomic mass is 32.2. The van der Waals surface area contributed by atoms with Crippen molar-refractivity contribution < 1.29 is 22.7 Å². The van der Waals surface area contributed by atoms with Crippen LogP contribution in [0.25, 0.3) is 0 Å². The molecule has 150 valence electrons. The van der Waals surface area contributed by atoms with Crippen LogP contribution in [0.4, 0.5) is 0 Å². The molecule has 3 rings (SSSR count). The Balaban J connectivity index is 1.82. The summed E-state index contributed by atoms with van der Waals surface area (Å²) in [5.41, 5.74) is 0. The van der Waals surface area contributed by atoms with E-state index in [1.165, 1.54) is 23.5 Å². The molecule has 1 saturated heterocycles. The quantitative estimate of drug-likeness (QED) is 0.677. The van der Waals surface area contributed by atoms with Crippen molar-refractivity contribution >= 4 is 15.9 Å². The molecule has 2 aromatic carbocycles. The number of sulfonamides is 1. The lowest BCUT2D eigenvalue weighted by Crippen LogP contribution is -2.46. The maximum atomic E-state index is 13.1. The van der Waals surface area contributed by atoms with Crippen molar-refractivity contribution in [1.82, 2.24) is 9.62 Å². The monoisotopic (exact) mass is 404 g/mol. The number of carbonyl (C=O) groups is 1. The minimum Gasteiger partial charge on any atom is -0.489 e. The number of para-hydroxylation sites is 1. The molecule has 0 bridgehead atoms. The average molecular weight is 404 g/mol. The van der Waals surface area contributed by atoms with Crippen molar-refractivity contribution in [3.63, 3.8) is 0 Å². The maximum Gasteiger partial charge on any atom is 0.243 e. The van der Waals surface area contributed by atoms with E-state index in [-0.39, 0.29) is 23.8 Å². The summed E-state index contributed by atoms with van der Waals surface area (Å²) >= 11 is 0. The first-order valence-corrected chi connectivity index (χ1v) is 10.5. The minimum atomic E-state index is -3.83. The number of nitrogens with one attached hydrogen (secondary N) is 1. The van der Waals surface area contributed by atoms with Gasteiger partial charge in [-0.15, -0.1) is 0 Å². The van der Waals surface area contributed by atoms with E-state index in [1.807, 2.05) is 30.3 Å². The number of carbonyl (C=O) groups excluding carboxylic acids is 1. The zero-order valence-corrected chi connectivity index (χ0v) is 16.5. The molecule has 0 spiro atoms. The van der Waals surface area contributed by atoms with Crippen molar-refractivity contribution in [2.75, 3.05) is 26.8 Å². The SMILES string of the molecule is COCCNC(=O)[C@@H]1C[C@H](Oc2ccccc2)CN1S(=O)(=O)c1ccccc1. The summed E-state index contributed by atoms with van der Waals surface area (Å²) in [7, 11) is -2.29. The van der Waals surface area contributed by atoms with E-state index >= 15 is 0 Å². The van der Waals surface area contributed by atoms with Crippen molar-refractivity contribution in [2.45, 2.75) is 23.5 Å². The fourth-order valence-corrected chi connectivity index (χ4v) is 4.82. The molecule has 0 radical (unpaired) electrons. The van der Waals surface area contributed by atoms with Gasteiger partial charge in [0, 0.05) is 20.1 Å². The summed E-state index contributed by atoms with van der Waals surface area (Å²) in [6.07, 6.45) is -0.140. The number of hydrogen-bond acceptors (Lipinski definition) is 5. The molecule has 1 fully saturated rings. The Hall–Kier alpha value is -2.42. The van der Waals surface area contributed by atoms with Gasteiger partial charge < -0.3 is 14.8 Å². The predicted molar refractivity (Wildman–Crippen MR) is 104 cm³/mol. The highest BCUT2D eigenvalue weighted by Gasteiger charge is 2.44. The molecule has 0 aliphatic carbocycles. The lowest BCUT2D eigenvalue weighted by Gasteiger charge is -2.23. The van der Waals surface area contributed by atoms with Crippen LogP contribution in [0.2, 0.25) is 0 Å². The van der Waals surface area contributed by atoms with Crippen LogP contribution in [0.5, 0.6) is 5.75 Å². The maximum absolute atomic E-state index is 13.1. The molecular formula is C20H24N2O5S. The molecule has 0 saturated carbocycles. The summed E-state index contributed by atoms with van der Waals surface area (Å²) in [5, 5.41) is 2.74. The topological polar surface area (TPSA) is 84.9 Å². The second-order valence-corrected chi connectivity index (χ2v) is 8.37. The van der Waals surface area contributed by atoms with Crippen molar-refractivity contribution in [3.05, 3.63) is 60.7 Å². The Morgan fingerprint density at radius 3 is 2.39 bits per heavy atom. The van der Waals surface area contributed by atoms with Crippen molar-refractivity contribution in [1.29, 1.82) is 0 Å². The normalized spacial score (nSPS) is 20.0. The van der Waals surface area contributed by atoms with E-state index in [0.29, 0.717) is 18.9 Å². The van der Waals surface area contributed by atoms with Gasteiger partial charge in [0.1, 0.15) is 17.9 Å². The first-order chi connectivity index (χ1) is 13.5. The smallest absolute Gasteiger partial charge is 0.243 e. The van der Waals surface area contributed by atoms with Crippen LogP contribution in [0, 0.1) is 0 Å².